The van der Waals surface area contributed by atoms with Crippen molar-refractivity contribution < 1.29 is 5.11 Å². The second-order valence-electron chi connectivity index (χ2n) is 2.63. The molecule has 0 aliphatic carbocycles. The van der Waals surface area contributed by atoms with Gasteiger partial charge in [0.05, 0.1) is 6.61 Å². The number of rotatable bonds is 2. The van der Waals surface area contributed by atoms with E-state index in [0.717, 1.165) is 6.54 Å². The van der Waals surface area contributed by atoms with Crippen LogP contribution in [0.3, 0.4) is 0 Å². The minimum Gasteiger partial charge on any atom is -0.395 e. The molecule has 0 aromatic rings. The molecule has 1 heterocycles. The molecule has 4 heteroatoms. The Hall–Kier alpha value is 0.500. The molecule has 0 aromatic heterocycles. The zero-order chi connectivity index (χ0) is 6.53. The molecule has 0 amide bonds. The smallest absolute Gasteiger partial charge is 0.0558 e. The van der Waals surface area contributed by atoms with Gasteiger partial charge in [-0.25, -0.2) is 0 Å². The molecule has 0 radical (unpaired) electrons. The van der Waals surface area contributed by atoms with Gasteiger partial charge in [-0.2, -0.15) is 0 Å². The van der Waals surface area contributed by atoms with Gasteiger partial charge in [0.1, 0.15) is 0 Å². The Morgan fingerprint density at radius 2 is 1.55 bits per heavy atom. The van der Waals surface area contributed by atoms with Gasteiger partial charge in [0, 0.05) is 6.54 Å². The molecular formula is C7H17Cl2NO. The van der Waals surface area contributed by atoms with Crippen LogP contribution in [0.25, 0.3) is 0 Å². The number of aliphatic hydroxyl groups is 1. The summed E-state index contributed by atoms with van der Waals surface area (Å²) in [6, 6.07) is 0. The van der Waals surface area contributed by atoms with Gasteiger partial charge in [-0.3, -0.25) is 0 Å². The van der Waals surface area contributed by atoms with Crippen LogP contribution in [0.2, 0.25) is 0 Å². The van der Waals surface area contributed by atoms with E-state index < -0.39 is 0 Å². The molecule has 0 atom stereocenters. The minimum absolute atomic E-state index is 0. The van der Waals surface area contributed by atoms with E-state index in [4.69, 9.17) is 5.11 Å². The van der Waals surface area contributed by atoms with Crippen molar-refractivity contribution in [3.63, 3.8) is 0 Å². The highest BCUT2D eigenvalue weighted by Crippen LogP contribution is 2.06. The highest BCUT2D eigenvalue weighted by molar-refractivity contribution is 5.85. The minimum atomic E-state index is 0. The van der Waals surface area contributed by atoms with Gasteiger partial charge in [-0.15, -0.1) is 24.8 Å². The molecule has 1 saturated heterocycles. The molecular weight excluding hydrogens is 185 g/mol. The van der Waals surface area contributed by atoms with E-state index in [1.165, 1.54) is 32.4 Å². The van der Waals surface area contributed by atoms with E-state index in [1.807, 2.05) is 0 Å². The van der Waals surface area contributed by atoms with Crippen molar-refractivity contribution in [2.45, 2.75) is 19.3 Å². The Morgan fingerprint density at radius 3 is 2.00 bits per heavy atom. The van der Waals surface area contributed by atoms with Gasteiger partial charge in [-0.1, -0.05) is 6.42 Å². The summed E-state index contributed by atoms with van der Waals surface area (Å²) in [6.07, 6.45) is 4.02. The standard InChI is InChI=1S/C7H15NO.2ClH/c9-7-6-8-4-2-1-3-5-8;;/h9H,1-7H2;2*1H. The fraction of sp³-hybridized carbons (Fsp3) is 1.00. The predicted molar refractivity (Wildman–Crippen MR) is 51.9 cm³/mol. The third-order valence-corrected chi connectivity index (χ3v) is 1.86. The third kappa shape index (κ3) is 5.74. The quantitative estimate of drug-likeness (QED) is 0.729. The Labute approximate surface area is 80.8 Å². The Kier molecular flexibility index (Phi) is 11.0. The first-order valence-corrected chi connectivity index (χ1v) is 3.76. The first kappa shape index (κ1) is 14.0. The molecule has 1 rings (SSSR count). The molecule has 1 N–H and O–H groups in total. The number of likely N-dealkylation sites (tertiary alicyclic amines) is 1. The predicted octanol–water partition coefficient (Wildman–Crippen LogP) is 1.31. The molecule has 1 aliphatic rings. The summed E-state index contributed by atoms with van der Waals surface area (Å²) in [4.78, 5) is 2.32. The van der Waals surface area contributed by atoms with Gasteiger partial charge in [0.2, 0.25) is 0 Å². The average molecular weight is 202 g/mol. The molecule has 70 valence electrons. The summed E-state index contributed by atoms with van der Waals surface area (Å²) in [6.45, 7) is 3.58. The zero-order valence-corrected chi connectivity index (χ0v) is 8.29. The molecule has 0 aromatic carbocycles. The Morgan fingerprint density at radius 1 is 1.00 bits per heavy atom. The second kappa shape index (κ2) is 8.60. The number of aliphatic hydroxyl groups excluding tert-OH is 1. The fourth-order valence-corrected chi connectivity index (χ4v) is 1.32. The van der Waals surface area contributed by atoms with E-state index >= 15 is 0 Å². The van der Waals surface area contributed by atoms with Crippen molar-refractivity contribution >= 4 is 24.8 Å². The lowest BCUT2D eigenvalue weighted by molar-refractivity contribution is 0.173. The SMILES string of the molecule is Cl.Cl.OCCN1CCCCC1. The summed E-state index contributed by atoms with van der Waals surface area (Å²) in [5.41, 5.74) is 0. The number of piperidine rings is 1. The monoisotopic (exact) mass is 201 g/mol. The van der Waals surface area contributed by atoms with Crippen molar-refractivity contribution in [2.24, 2.45) is 0 Å². The van der Waals surface area contributed by atoms with Crippen LogP contribution < -0.4 is 0 Å². The van der Waals surface area contributed by atoms with Crippen molar-refractivity contribution in [3.8, 4) is 0 Å². The van der Waals surface area contributed by atoms with Crippen molar-refractivity contribution in [1.29, 1.82) is 0 Å². The lowest BCUT2D eigenvalue weighted by Gasteiger charge is -2.25. The summed E-state index contributed by atoms with van der Waals surface area (Å²) >= 11 is 0. The fourth-order valence-electron chi connectivity index (χ4n) is 1.32. The maximum atomic E-state index is 8.58. The van der Waals surface area contributed by atoms with Crippen LogP contribution in [0, 0.1) is 0 Å². The third-order valence-electron chi connectivity index (χ3n) is 1.86. The first-order valence-electron chi connectivity index (χ1n) is 3.76. The zero-order valence-electron chi connectivity index (χ0n) is 6.66. The molecule has 2 nitrogen and oxygen atoms in total. The lowest BCUT2D eigenvalue weighted by Crippen LogP contribution is -2.31. The molecule has 1 aliphatic heterocycles. The molecule has 0 spiro atoms. The average Bonchev–Trinajstić information content (AvgIpc) is 1.91. The molecule has 0 unspecified atom stereocenters. The van der Waals surface area contributed by atoms with Gasteiger partial charge in [0.25, 0.3) is 0 Å². The molecule has 0 saturated carbocycles. The van der Waals surface area contributed by atoms with Gasteiger partial charge < -0.3 is 10.0 Å². The van der Waals surface area contributed by atoms with Crippen molar-refractivity contribution in [3.05, 3.63) is 0 Å². The summed E-state index contributed by atoms with van der Waals surface area (Å²) in [5, 5.41) is 8.58. The summed E-state index contributed by atoms with van der Waals surface area (Å²) in [5.74, 6) is 0. The van der Waals surface area contributed by atoms with Crippen LogP contribution in [-0.2, 0) is 0 Å². The van der Waals surface area contributed by atoms with Crippen LogP contribution >= 0.6 is 24.8 Å². The Balaban J connectivity index is 0. The maximum Gasteiger partial charge on any atom is 0.0558 e. The van der Waals surface area contributed by atoms with Crippen LogP contribution in [0.5, 0.6) is 0 Å². The van der Waals surface area contributed by atoms with E-state index in [2.05, 4.69) is 4.90 Å². The Bertz CT molecular complexity index is 74.1. The van der Waals surface area contributed by atoms with Crippen LogP contribution in [0.15, 0.2) is 0 Å². The molecule has 11 heavy (non-hydrogen) atoms. The maximum absolute atomic E-state index is 8.58. The lowest BCUT2D eigenvalue weighted by atomic mass is 10.1. The van der Waals surface area contributed by atoms with Crippen molar-refractivity contribution in [1.82, 2.24) is 4.90 Å². The second-order valence-corrected chi connectivity index (χ2v) is 2.63. The highest BCUT2D eigenvalue weighted by atomic mass is 35.5. The van der Waals surface area contributed by atoms with E-state index in [9.17, 15) is 0 Å². The topological polar surface area (TPSA) is 23.5 Å². The summed E-state index contributed by atoms with van der Waals surface area (Å²) in [7, 11) is 0. The van der Waals surface area contributed by atoms with Crippen LogP contribution in [0.4, 0.5) is 0 Å². The van der Waals surface area contributed by atoms with Gasteiger partial charge in [-0.05, 0) is 25.9 Å². The number of halogens is 2. The largest absolute Gasteiger partial charge is 0.395 e. The number of hydrogen-bond donors (Lipinski definition) is 1. The van der Waals surface area contributed by atoms with Gasteiger partial charge in [0.15, 0.2) is 0 Å². The summed E-state index contributed by atoms with van der Waals surface area (Å²) < 4.78 is 0. The van der Waals surface area contributed by atoms with Crippen molar-refractivity contribution in [2.75, 3.05) is 26.2 Å². The van der Waals surface area contributed by atoms with Crippen LogP contribution in [-0.4, -0.2) is 36.2 Å². The first-order chi connectivity index (χ1) is 4.43. The van der Waals surface area contributed by atoms with E-state index in [0.29, 0.717) is 6.61 Å². The van der Waals surface area contributed by atoms with E-state index in [-0.39, 0.29) is 24.8 Å². The number of hydrogen-bond acceptors (Lipinski definition) is 2. The van der Waals surface area contributed by atoms with Crippen LogP contribution in [0.1, 0.15) is 19.3 Å². The van der Waals surface area contributed by atoms with E-state index in [1.54, 1.807) is 0 Å². The number of β-amino-alcohol motifs (C(OH)–C–C–N with tert-alkyl or cyclic N) is 1. The molecule has 0 bridgehead atoms. The van der Waals surface area contributed by atoms with Gasteiger partial charge >= 0.3 is 0 Å². The number of nitrogens with zero attached hydrogens (tertiary/aromatic N) is 1. The highest BCUT2D eigenvalue weighted by Gasteiger charge is 2.07. The normalized spacial score (nSPS) is 18.3. The molecule has 1 fully saturated rings.